The topological polar surface area (TPSA) is 25.2 Å². The van der Waals surface area contributed by atoms with Crippen LogP contribution in [0, 0.1) is 0 Å². The third-order valence-electron chi connectivity index (χ3n) is 11.5. The number of aromatic nitrogens is 1. The van der Waals surface area contributed by atoms with Gasteiger partial charge in [0.15, 0.2) is 0 Å². The van der Waals surface area contributed by atoms with Crippen LogP contribution < -0.4 is 0 Å². The number of nitrogens with zero attached hydrogens (tertiary/aromatic N) is 2. The summed E-state index contributed by atoms with van der Waals surface area (Å²) >= 11 is 1.76. The number of hydrogen-bond donors (Lipinski definition) is 0. The van der Waals surface area contributed by atoms with E-state index in [-0.39, 0.29) is 46.0 Å². The summed E-state index contributed by atoms with van der Waals surface area (Å²) in [4.78, 5) is 11.3. The van der Waals surface area contributed by atoms with Crippen molar-refractivity contribution in [1.82, 2.24) is 4.98 Å². The lowest BCUT2D eigenvalue weighted by molar-refractivity contribution is 1.39. The Bertz CT molecular complexity index is 3810. The van der Waals surface area contributed by atoms with Crippen molar-refractivity contribution < 1.29 is 9.60 Å². The van der Waals surface area contributed by atoms with Crippen molar-refractivity contribution in [3.8, 4) is 65.5 Å². The van der Waals surface area contributed by atoms with Gasteiger partial charge >= 0.3 is 0 Å². The molecule has 0 bridgehead atoms. The summed E-state index contributed by atoms with van der Waals surface area (Å²) in [6, 6.07) is 59.4. The monoisotopic (exact) mass is 801 g/mol. The van der Waals surface area contributed by atoms with Gasteiger partial charge < -0.3 is 0 Å². The van der Waals surface area contributed by atoms with Gasteiger partial charge in [-0.15, -0.1) is 11.3 Å². The average molecular weight is 802 g/mol. The fraction of sp³-hybridized carbons (Fsp3) is 0. The zero-order valence-corrected chi connectivity index (χ0v) is 33.5. The van der Waals surface area contributed by atoms with Crippen LogP contribution in [0.15, 0.2) is 212 Å². The Morgan fingerprint density at radius 1 is 0.492 bits per heavy atom. The second-order valence-electron chi connectivity index (χ2n) is 14.8. The third kappa shape index (κ3) is 6.01. The van der Waals surface area contributed by atoms with E-state index in [1.165, 1.54) is 5.56 Å². The maximum Gasteiger partial charge on any atom is 0.0971 e. The molecule has 0 spiro atoms. The minimum Gasteiger partial charge on any atom is -0.262 e. The molecule has 0 atom stereocenters. The standard InChI is InChI=1S/C58H38N2S/c1-3-37-31-32-41-33-36-50(60-56(41)55(37)59-2)44-34-35-49(43-26-14-13-25-42(43)44)57-52(39-21-9-5-10-22-39)53(40-23-11-6-12-24-40)58(61-57)54-47-29-17-15-27-45(47)51(38-19-7-4-8-20-38)46-28-16-18-30-48(46)54/h3-36H,1-2H2/i1D,2D,3D,31D,32D,33D,36D. The molecule has 3 heteroatoms. The van der Waals surface area contributed by atoms with Crippen molar-refractivity contribution in [2.75, 3.05) is 0 Å². The van der Waals surface area contributed by atoms with E-state index >= 15 is 0 Å². The second kappa shape index (κ2) is 15.1. The fourth-order valence-corrected chi connectivity index (χ4v) is 10.3. The molecular weight excluding hydrogens is 757 g/mol. The molecule has 0 saturated heterocycles. The van der Waals surface area contributed by atoms with E-state index in [1.54, 1.807) is 11.3 Å². The van der Waals surface area contributed by atoms with Gasteiger partial charge in [-0.05, 0) is 67.3 Å². The highest BCUT2D eigenvalue weighted by atomic mass is 32.1. The lowest BCUT2D eigenvalue weighted by Crippen LogP contribution is -1.91. The van der Waals surface area contributed by atoms with Crippen LogP contribution in [0.5, 0.6) is 0 Å². The Labute approximate surface area is 368 Å². The van der Waals surface area contributed by atoms with Gasteiger partial charge in [-0.2, -0.15) is 0 Å². The molecule has 0 saturated carbocycles. The summed E-state index contributed by atoms with van der Waals surface area (Å²) in [6.45, 7) is 1.51. The smallest absolute Gasteiger partial charge is 0.0971 e. The molecule has 0 fully saturated rings. The summed E-state index contributed by atoms with van der Waals surface area (Å²) in [6.07, 6.45) is 0. The van der Waals surface area contributed by atoms with Crippen molar-refractivity contribution in [1.29, 1.82) is 0 Å². The minimum atomic E-state index is -0.420. The molecule has 2 nitrogen and oxygen atoms in total. The fourth-order valence-electron chi connectivity index (χ4n) is 8.85. The first-order valence-corrected chi connectivity index (χ1v) is 20.8. The van der Waals surface area contributed by atoms with Gasteiger partial charge in [-0.1, -0.05) is 207 Å². The SMILES string of the molecule is [2H]C=Nc1c(C([2H])=C[2H])c([2H])c([2H])c2c([2H])c([2H])c(-c3ccc(-c4sc(-c5c6ccccc6c(-c6ccccc6)c6ccccc56)c(-c5ccccc5)c4-c4ccccc4)c4ccccc34)nc12. The molecule has 0 unspecified atom stereocenters. The molecule has 9 aromatic carbocycles. The first-order chi connectivity index (χ1) is 33.3. The number of rotatable bonds is 8. The first kappa shape index (κ1) is 29.5. The number of aliphatic imine (C=N–C) groups is 1. The van der Waals surface area contributed by atoms with Crippen LogP contribution in [0.4, 0.5) is 5.69 Å². The Morgan fingerprint density at radius 3 is 1.54 bits per heavy atom. The molecule has 0 radical (unpaired) electrons. The molecule has 0 amide bonds. The van der Waals surface area contributed by atoms with Crippen LogP contribution >= 0.6 is 11.3 Å². The molecule has 0 aliphatic rings. The van der Waals surface area contributed by atoms with Gasteiger partial charge in [0.25, 0.3) is 0 Å². The predicted octanol–water partition coefficient (Wildman–Crippen LogP) is 16.7. The maximum atomic E-state index is 9.35. The molecule has 2 heterocycles. The van der Waals surface area contributed by atoms with E-state index < -0.39 is 12.1 Å². The summed E-state index contributed by atoms with van der Waals surface area (Å²) in [5.41, 5.74) is 9.35. The number of hydrogen-bond acceptors (Lipinski definition) is 3. The molecule has 2 aromatic heterocycles. The normalized spacial score (nSPS) is 13.6. The Kier molecular flexibility index (Phi) is 7.32. The van der Waals surface area contributed by atoms with E-state index in [0.717, 1.165) is 94.3 Å². The van der Waals surface area contributed by atoms with Gasteiger partial charge in [0.2, 0.25) is 0 Å². The summed E-state index contributed by atoms with van der Waals surface area (Å²) < 4.78 is 60.3. The average Bonchev–Trinajstić information content (AvgIpc) is 3.78. The molecular formula is C58H38N2S. The molecule has 61 heavy (non-hydrogen) atoms. The van der Waals surface area contributed by atoms with Gasteiger partial charge in [0.05, 0.1) is 26.5 Å². The molecule has 0 N–H and O–H groups in total. The van der Waals surface area contributed by atoms with E-state index in [2.05, 4.69) is 145 Å². The zero-order chi connectivity index (χ0) is 46.6. The van der Waals surface area contributed by atoms with Crippen LogP contribution in [0.2, 0.25) is 0 Å². The summed E-state index contributed by atoms with van der Waals surface area (Å²) in [5, 5.41) is 6.22. The lowest BCUT2D eigenvalue weighted by Gasteiger charge is -2.18. The Balaban J connectivity index is 1.24. The zero-order valence-electron chi connectivity index (χ0n) is 39.7. The molecule has 286 valence electrons. The third-order valence-corrected chi connectivity index (χ3v) is 12.7. The van der Waals surface area contributed by atoms with Crippen LogP contribution in [-0.4, -0.2) is 11.7 Å². The van der Waals surface area contributed by atoms with E-state index in [9.17, 15) is 2.74 Å². The number of thiophene rings is 1. The molecule has 0 aliphatic carbocycles. The van der Waals surface area contributed by atoms with E-state index in [0.29, 0.717) is 5.56 Å². The van der Waals surface area contributed by atoms with Gasteiger partial charge in [-0.25, -0.2) is 4.98 Å². The van der Waals surface area contributed by atoms with Crippen LogP contribution in [0.3, 0.4) is 0 Å². The van der Waals surface area contributed by atoms with Crippen LogP contribution in [0.1, 0.15) is 15.2 Å². The lowest BCUT2D eigenvalue weighted by atomic mass is 9.85. The molecule has 0 aliphatic heterocycles. The predicted molar refractivity (Wildman–Crippen MR) is 264 cm³/mol. The largest absolute Gasteiger partial charge is 0.262 e. The quantitative estimate of drug-likeness (QED) is 0.111. The molecule has 11 rings (SSSR count). The minimum absolute atomic E-state index is 0.0137. The highest BCUT2D eigenvalue weighted by molar-refractivity contribution is 7.20. The highest BCUT2D eigenvalue weighted by Gasteiger charge is 2.28. The summed E-state index contributed by atoms with van der Waals surface area (Å²) in [5.74, 6) is 0. The maximum absolute atomic E-state index is 9.35. The Morgan fingerprint density at radius 2 is 0.967 bits per heavy atom. The van der Waals surface area contributed by atoms with Gasteiger partial charge in [0.1, 0.15) is 0 Å². The van der Waals surface area contributed by atoms with E-state index in [4.69, 9.17) is 11.8 Å². The molecule has 11 aromatic rings. The number of benzene rings is 9. The van der Waals surface area contributed by atoms with Crippen molar-refractivity contribution in [2.45, 2.75) is 0 Å². The van der Waals surface area contributed by atoms with Crippen LogP contribution in [0.25, 0.3) is 115 Å². The van der Waals surface area contributed by atoms with E-state index in [1.807, 2.05) is 36.4 Å². The first-order valence-electron chi connectivity index (χ1n) is 23.7. The van der Waals surface area contributed by atoms with Crippen molar-refractivity contribution >= 4 is 73.0 Å². The highest BCUT2D eigenvalue weighted by Crippen LogP contribution is 2.56. The van der Waals surface area contributed by atoms with Crippen molar-refractivity contribution in [3.63, 3.8) is 0 Å². The second-order valence-corrected chi connectivity index (χ2v) is 15.9. The number of fused-ring (bicyclic) bond motifs is 4. The van der Waals surface area contributed by atoms with Crippen molar-refractivity contribution in [2.24, 2.45) is 4.99 Å². The van der Waals surface area contributed by atoms with Crippen molar-refractivity contribution in [3.05, 3.63) is 212 Å². The Hall–Kier alpha value is -7.72. The number of pyridine rings is 1. The van der Waals surface area contributed by atoms with Gasteiger partial charge in [-0.3, -0.25) is 4.99 Å². The van der Waals surface area contributed by atoms with Gasteiger partial charge in [0, 0.05) is 48.5 Å². The summed E-state index contributed by atoms with van der Waals surface area (Å²) in [7, 11) is 0. The van der Waals surface area contributed by atoms with Crippen LogP contribution in [-0.2, 0) is 0 Å².